The predicted octanol–water partition coefficient (Wildman–Crippen LogP) is 4.06. The van der Waals surface area contributed by atoms with Crippen molar-refractivity contribution in [2.24, 2.45) is 0 Å². The molecule has 5 nitrogen and oxygen atoms in total. The third kappa shape index (κ3) is 4.30. The van der Waals surface area contributed by atoms with Crippen molar-refractivity contribution in [3.05, 3.63) is 52.6 Å². The van der Waals surface area contributed by atoms with Gasteiger partial charge in [0, 0.05) is 24.3 Å². The first-order valence-electron chi connectivity index (χ1n) is 9.26. The Labute approximate surface area is 160 Å². The van der Waals surface area contributed by atoms with E-state index in [1.54, 1.807) is 0 Å². The van der Waals surface area contributed by atoms with Crippen LogP contribution in [0.5, 0.6) is 5.75 Å². The molecule has 2 aromatic rings. The van der Waals surface area contributed by atoms with Gasteiger partial charge < -0.3 is 15.0 Å². The molecule has 1 heterocycles. The third-order valence-electron chi connectivity index (χ3n) is 4.80. The second-order valence-corrected chi connectivity index (χ2v) is 7.21. The van der Waals surface area contributed by atoms with Gasteiger partial charge in [-0.2, -0.15) is 0 Å². The first-order chi connectivity index (χ1) is 12.8. The first-order valence-corrected chi connectivity index (χ1v) is 9.26. The van der Waals surface area contributed by atoms with E-state index in [0.717, 1.165) is 41.1 Å². The molecule has 0 aliphatic carbocycles. The first kappa shape index (κ1) is 19.0. The monoisotopic (exact) mass is 366 g/mol. The van der Waals surface area contributed by atoms with Gasteiger partial charge in [-0.15, -0.1) is 0 Å². The fraction of sp³-hybridized carbons (Fsp3) is 0.364. The van der Waals surface area contributed by atoms with Gasteiger partial charge in [-0.3, -0.25) is 9.59 Å². The Morgan fingerprint density at radius 1 is 1.07 bits per heavy atom. The molecule has 142 valence electrons. The van der Waals surface area contributed by atoms with Crippen LogP contribution in [-0.2, 0) is 9.59 Å². The molecule has 1 saturated heterocycles. The highest BCUT2D eigenvalue weighted by Crippen LogP contribution is 2.28. The highest BCUT2D eigenvalue weighted by atomic mass is 16.5. The van der Waals surface area contributed by atoms with Crippen LogP contribution < -0.4 is 15.0 Å². The van der Waals surface area contributed by atoms with Crippen LogP contribution in [0.2, 0.25) is 0 Å². The Hall–Kier alpha value is -2.82. The van der Waals surface area contributed by atoms with Crippen LogP contribution in [0.1, 0.15) is 35.1 Å². The number of amides is 2. The molecule has 0 unspecified atom stereocenters. The second-order valence-electron chi connectivity index (χ2n) is 7.21. The van der Waals surface area contributed by atoms with Crippen LogP contribution in [-0.4, -0.2) is 25.0 Å². The standard InChI is InChI=1S/C22H26N2O3/c1-14-10-16(3)22(17(4)11-14)27-13-20(25)23-18-7-8-19(15(2)12-18)24-9-5-6-21(24)26/h7-8,10-12H,5-6,9,13H2,1-4H3,(H,23,25). The molecule has 0 atom stereocenters. The fourth-order valence-corrected chi connectivity index (χ4v) is 3.67. The third-order valence-corrected chi connectivity index (χ3v) is 4.80. The molecule has 27 heavy (non-hydrogen) atoms. The van der Waals surface area contributed by atoms with E-state index in [1.165, 1.54) is 5.56 Å². The normalized spacial score (nSPS) is 13.8. The van der Waals surface area contributed by atoms with E-state index < -0.39 is 0 Å². The zero-order valence-corrected chi connectivity index (χ0v) is 16.4. The molecule has 5 heteroatoms. The summed E-state index contributed by atoms with van der Waals surface area (Å²) in [6, 6.07) is 9.70. The minimum absolute atomic E-state index is 0.0455. The number of hydrogen-bond acceptors (Lipinski definition) is 3. The maximum absolute atomic E-state index is 12.3. The van der Waals surface area contributed by atoms with Crippen molar-refractivity contribution in [3.8, 4) is 5.75 Å². The van der Waals surface area contributed by atoms with Crippen LogP contribution in [0.15, 0.2) is 30.3 Å². The van der Waals surface area contributed by atoms with Crippen molar-refractivity contribution in [3.63, 3.8) is 0 Å². The van der Waals surface area contributed by atoms with Gasteiger partial charge in [-0.1, -0.05) is 17.7 Å². The van der Waals surface area contributed by atoms with Gasteiger partial charge >= 0.3 is 0 Å². The quantitative estimate of drug-likeness (QED) is 0.868. The lowest BCUT2D eigenvalue weighted by Crippen LogP contribution is -2.25. The molecule has 1 aliphatic heterocycles. The maximum atomic E-state index is 12.3. The van der Waals surface area contributed by atoms with Crippen molar-refractivity contribution in [1.82, 2.24) is 0 Å². The second kappa shape index (κ2) is 7.82. The number of nitrogens with one attached hydrogen (secondary N) is 1. The average Bonchev–Trinajstić information content (AvgIpc) is 3.00. The number of nitrogens with zero attached hydrogens (tertiary/aromatic N) is 1. The van der Waals surface area contributed by atoms with E-state index in [-0.39, 0.29) is 18.4 Å². The van der Waals surface area contributed by atoms with E-state index >= 15 is 0 Å². The van der Waals surface area contributed by atoms with Gasteiger partial charge in [0.05, 0.1) is 0 Å². The number of carbonyl (C=O) groups is 2. The van der Waals surface area contributed by atoms with Gasteiger partial charge in [0.2, 0.25) is 5.91 Å². The summed E-state index contributed by atoms with van der Waals surface area (Å²) in [6.07, 6.45) is 1.50. The topological polar surface area (TPSA) is 58.6 Å². The van der Waals surface area contributed by atoms with Crippen LogP contribution in [0.25, 0.3) is 0 Å². The minimum Gasteiger partial charge on any atom is -0.483 e. The summed E-state index contributed by atoms with van der Waals surface area (Å²) in [5, 5.41) is 2.86. The van der Waals surface area contributed by atoms with Gasteiger partial charge in [0.1, 0.15) is 5.75 Å². The summed E-state index contributed by atoms with van der Waals surface area (Å²) in [5.74, 6) is 0.709. The van der Waals surface area contributed by atoms with Gasteiger partial charge in [-0.05, 0) is 69.0 Å². The van der Waals surface area contributed by atoms with Crippen molar-refractivity contribution in [2.75, 3.05) is 23.4 Å². The molecule has 3 rings (SSSR count). The molecule has 0 radical (unpaired) electrons. The molecule has 0 spiro atoms. The Bertz CT molecular complexity index is 866. The van der Waals surface area contributed by atoms with Crippen molar-refractivity contribution < 1.29 is 14.3 Å². The number of benzene rings is 2. The number of anilines is 2. The van der Waals surface area contributed by atoms with E-state index in [2.05, 4.69) is 5.32 Å². The number of aryl methyl sites for hydroxylation is 4. The van der Waals surface area contributed by atoms with Crippen LogP contribution in [0.3, 0.4) is 0 Å². The van der Waals surface area contributed by atoms with Gasteiger partial charge in [0.25, 0.3) is 5.91 Å². The molecule has 1 fully saturated rings. The molecule has 2 aromatic carbocycles. The highest BCUT2D eigenvalue weighted by molar-refractivity contribution is 5.97. The van der Waals surface area contributed by atoms with Gasteiger partial charge in [-0.25, -0.2) is 0 Å². The minimum atomic E-state index is -0.209. The Morgan fingerprint density at radius 3 is 2.37 bits per heavy atom. The van der Waals surface area contributed by atoms with Crippen LogP contribution in [0, 0.1) is 27.7 Å². The van der Waals surface area contributed by atoms with Crippen molar-refractivity contribution in [2.45, 2.75) is 40.5 Å². The smallest absolute Gasteiger partial charge is 0.262 e. The molecule has 0 saturated carbocycles. The summed E-state index contributed by atoms with van der Waals surface area (Å²) in [5.41, 5.74) is 5.81. The Balaban J connectivity index is 1.63. The lowest BCUT2D eigenvalue weighted by molar-refractivity contribution is -0.118. The van der Waals surface area contributed by atoms with Crippen molar-refractivity contribution in [1.29, 1.82) is 0 Å². The summed E-state index contributed by atoms with van der Waals surface area (Å²) >= 11 is 0. The molecule has 1 N–H and O–H groups in total. The van der Waals surface area contributed by atoms with Gasteiger partial charge in [0.15, 0.2) is 6.61 Å². The SMILES string of the molecule is Cc1cc(C)c(OCC(=O)Nc2ccc(N3CCCC3=O)c(C)c2)c(C)c1. The Morgan fingerprint density at radius 2 is 1.78 bits per heavy atom. The highest BCUT2D eigenvalue weighted by Gasteiger charge is 2.23. The summed E-state index contributed by atoms with van der Waals surface area (Å²) in [6.45, 7) is 8.67. The average molecular weight is 366 g/mol. The van der Waals surface area contributed by atoms with E-state index in [1.807, 2.05) is 62.9 Å². The molecule has 0 bridgehead atoms. The van der Waals surface area contributed by atoms with Crippen LogP contribution in [0.4, 0.5) is 11.4 Å². The number of rotatable bonds is 5. The Kier molecular flexibility index (Phi) is 5.49. The van der Waals surface area contributed by atoms with E-state index in [9.17, 15) is 9.59 Å². The van der Waals surface area contributed by atoms with E-state index in [0.29, 0.717) is 12.1 Å². The maximum Gasteiger partial charge on any atom is 0.262 e. The van der Waals surface area contributed by atoms with Crippen molar-refractivity contribution >= 4 is 23.2 Å². The number of ether oxygens (including phenoxy) is 1. The molecular formula is C22H26N2O3. The lowest BCUT2D eigenvalue weighted by atomic mass is 10.1. The molecule has 2 amide bonds. The zero-order chi connectivity index (χ0) is 19.6. The fourth-order valence-electron chi connectivity index (χ4n) is 3.67. The zero-order valence-electron chi connectivity index (χ0n) is 16.4. The van der Waals surface area contributed by atoms with E-state index in [4.69, 9.17) is 4.74 Å². The number of carbonyl (C=O) groups excluding carboxylic acids is 2. The summed E-state index contributed by atoms with van der Waals surface area (Å²) in [7, 11) is 0. The predicted molar refractivity (Wildman–Crippen MR) is 108 cm³/mol. The molecular weight excluding hydrogens is 340 g/mol. The lowest BCUT2D eigenvalue weighted by Gasteiger charge is -2.19. The summed E-state index contributed by atoms with van der Waals surface area (Å²) < 4.78 is 5.74. The number of hydrogen-bond donors (Lipinski definition) is 1. The molecule has 1 aliphatic rings. The van der Waals surface area contributed by atoms with Crippen LogP contribution >= 0.6 is 0 Å². The molecule has 0 aromatic heterocycles. The largest absolute Gasteiger partial charge is 0.483 e. The summed E-state index contributed by atoms with van der Waals surface area (Å²) in [4.78, 5) is 26.0.